The lowest BCUT2D eigenvalue weighted by Gasteiger charge is -2.05. The molecular weight excluding hydrogens is 243 g/mol. The third-order valence-electron chi connectivity index (χ3n) is 2.40. The Morgan fingerprint density at radius 1 is 1.53 bits per heavy atom. The average Bonchev–Trinajstić information content (AvgIpc) is 2.72. The Morgan fingerprint density at radius 2 is 2.29 bits per heavy atom. The maximum Gasteiger partial charge on any atom is 0.129 e. The molecule has 0 aliphatic heterocycles. The van der Waals surface area contributed by atoms with E-state index in [1.165, 1.54) is 10.7 Å². The number of hydrogen-bond donors (Lipinski definition) is 1. The average molecular weight is 255 g/mol. The zero-order valence-electron chi connectivity index (χ0n) is 9.27. The van der Waals surface area contributed by atoms with Crippen molar-refractivity contribution in [2.24, 2.45) is 5.73 Å². The molecule has 0 aliphatic carbocycles. The summed E-state index contributed by atoms with van der Waals surface area (Å²) in [5.74, 6) is -0.352. The number of rotatable bonds is 3. The van der Waals surface area contributed by atoms with Crippen LogP contribution in [0.2, 0.25) is 5.02 Å². The van der Waals surface area contributed by atoms with E-state index in [0.717, 1.165) is 0 Å². The molecule has 2 rings (SSSR count). The van der Waals surface area contributed by atoms with Crippen molar-refractivity contribution in [2.45, 2.75) is 19.5 Å². The molecule has 0 radical (unpaired) electrons. The summed E-state index contributed by atoms with van der Waals surface area (Å²) in [5.41, 5.74) is 6.73. The highest BCUT2D eigenvalue weighted by Gasteiger charge is 2.10. The zero-order valence-corrected chi connectivity index (χ0v) is 10.0. The second-order valence-electron chi connectivity index (χ2n) is 3.83. The fraction of sp³-hybridized carbons (Fsp3) is 0.273. The summed E-state index contributed by atoms with van der Waals surface area (Å²) in [6.45, 7) is 2.05. The SMILES string of the molecule is CC(N)c1cn(Cc2c(F)cccc2Cl)nn1. The summed E-state index contributed by atoms with van der Waals surface area (Å²) in [5, 5.41) is 8.15. The van der Waals surface area contributed by atoms with E-state index < -0.39 is 0 Å². The summed E-state index contributed by atoms with van der Waals surface area (Å²) in [4.78, 5) is 0. The Labute approximate surface area is 103 Å². The number of nitrogens with two attached hydrogens (primary N) is 1. The first kappa shape index (κ1) is 12.0. The molecular formula is C11H12ClFN4. The minimum Gasteiger partial charge on any atom is -0.323 e. The van der Waals surface area contributed by atoms with Gasteiger partial charge in [0.2, 0.25) is 0 Å². The first-order chi connectivity index (χ1) is 8.08. The van der Waals surface area contributed by atoms with Gasteiger partial charge in [-0.05, 0) is 19.1 Å². The molecule has 4 nitrogen and oxygen atoms in total. The van der Waals surface area contributed by atoms with Gasteiger partial charge in [0, 0.05) is 16.6 Å². The molecule has 90 valence electrons. The smallest absolute Gasteiger partial charge is 0.129 e. The van der Waals surface area contributed by atoms with Crippen LogP contribution in [-0.4, -0.2) is 15.0 Å². The molecule has 0 aliphatic rings. The molecule has 1 atom stereocenters. The summed E-state index contributed by atoms with van der Waals surface area (Å²) >= 11 is 5.92. The van der Waals surface area contributed by atoms with Crippen molar-refractivity contribution in [3.05, 3.63) is 46.5 Å². The van der Waals surface area contributed by atoms with Crippen LogP contribution in [0.25, 0.3) is 0 Å². The van der Waals surface area contributed by atoms with E-state index in [2.05, 4.69) is 10.3 Å². The number of nitrogens with zero attached hydrogens (tertiary/aromatic N) is 3. The zero-order chi connectivity index (χ0) is 12.4. The van der Waals surface area contributed by atoms with Crippen LogP contribution in [0.1, 0.15) is 24.2 Å². The van der Waals surface area contributed by atoms with Gasteiger partial charge in [-0.25, -0.2) is 9.07 Å². The molecule has 0 saturated carbocycles. The molecule has 2 N–H and O–H groups in total. The van der Waals surface area contributed by atoms with Gasteiger partial charge in [0.25, 0.3) is 0 Å². The predicted molar refractivity (Wildman–Crippen MR) is 63.1 cm³/mol. The number of halogens is 2. The monoisotopic (exact) mass is 254 g/mol. The van der Waals surface area contributed by atoms with Crippen LogP contribution in [0.4, 0.5) is 4.39 Å². The Hall–Kier alpha value is -1.46. The summed E-state index contributed by atoms with van der Waals surface area (Å²) in [6, 6.07) is 4.38. The maximum absolute atomic E-state index is 13.5. The lowest BCUT2D eigenvalue weighted by Crippen LogP contribution is -2.05. The molecule has 1 aromatic carbocycles. The Bertz CT molecular complexity index is 504. The van der Waals surface area contributed by atoms with Gasteiger partial charge < -0.3 is 5.73 Å². The van der Waals surface area contributed by atoms with Crippen LogP contribution >= 0.6 is 11.6 Å². The molecule has 1 unspecified atom stereocenters. The van der Waals surface area contributed by atoms with E-state index in [-0.39, 0.29) is 18.4 Å². The standard InChI is InChI=1S/C11H12ClFN4/c1-7(14)11-6-17(16-15-11)5-8-9(12)3-2-4-10(8)13/h2-4,6-7H,5,14H2,1H3. The van der Waals surface area contributed by atoms with E-state index in [0.29, 0.717) is 16.3 Å². The van der Waals surface area contributed by atoms with E-state index in [1.54, 1.807) is 18.3 Å². The highest BCUT2D eigenvalue weighted by molar-refractivity contribution is 6.31. The van der Waals surface area contributed by atoms with Crippen molar-refractivity contribution in [2.75, 3.05) is 0 Å². The lowest BCUT2D eigenvalue weighted by molar-refractivity contribution is 0.577. The summed E-state index contributed by atoms with van der Waals surface area (Å²) in [7, 11) is 0. The Balaban J connectivity index is 2.25. The summed E-state index contributed by atoms with van der Waals surface area (Å²) in [6.07, 6.45) is 1.69. The molecule has 6 heteroatoms. The molecule has 0 amide bonds. The van der Waals surface area contributed by atoms with Crippen molar-refractivity contribution in [1.29, 1.82) is 0 Å². The van der Waals surface area contributed by atoms with Crippen molar-refractivity contribution >= 4 is 11.6 Å². The van der Waals surface area contributed by atoms with Crippen LogP contribution < -0.4 is 5.73 Å². The largest absolute Gasteiger partial charge is 0.323 e. The van der Waals surface area contributed by atoms with E-state index in [4.69, 9.17) is 17.3 Å². The van der Waals surface area contributed by atoms with Crippen LogP contribution in [-0.2, 0) is 6.54 Å². The topological polar surface area (TPSA) is 56.7 Å². The highest BCUT2D eigenvalue weighted by Crippen LogP contribution is 2.19. The fourth-order valence-corrected chi connectivity index (χ4v) is 1.67. The number of benzene rings is 1. The third-order valence-corrected chi connectivity index (χ3v) is 2.76. The van der Waals surface area contributed by atoms with Crippen molar-refractivity contribution < 1.29 is 4.39 Å². The quantitative estimate of drug-likeness (QED) is 0.913. The van der Waals surface area contributed by atoms with Gasteiger partial charge in [0.1, 0.15) is 5.82 Å². The van der Waals surface area contributed by atoms with Gasteiger partial charge in [-0.15, -0.1) is 5.10 Å². The molecule has 0 bridgehead atoms. The van der Waals surface area contributed by atoms with E-state index in [9.17, 15) is 4.39 Å². The lowest BCUT2D eigenvalue weighted by atomic mass is 10.2. The normalized spacial score (nSPS) is 12.7. The first-order valence-electron chi connectivity index (χ1n) is 5.16. The van der Waals surface area contributed by atoms with Gasteiger partial charge in [0.05, 0.1) is 18.4 Å². The highest BCUT2D eigenvalue weighted by atomic mass is 35.5. The van der Waals surface area contributed by atoms with Gasteiger partial charge in [-0.1, -0.05) is 22.9 Å². The van der Waals surface area contributed by atoms with Crippen LogP contribution in [0.15, 0.2) is 24.4 Å². The molecule has 0 fully saturated rings. The van der Waals surface area contributed by atoms with Crippen molar-refractivity contribution in [3.63, 3.8) is 0 Å². The minimum absolute atomic E-state index is 0.195. The van der Waals surface area contributed by atoms with Gasteiger partial charge in [0.15, 0.2) is 0 Å². The fourth-order valence-electron chi connectivity index (χ4n) is 1.44. The maximum atomic E-state index is 13.5. The third kappa shape index (κ3) is 2.62. The van der Waals surface area contributed by atoms with Crippen LogP contribution in [0, 0.1) is 5.82 Å². The Morgan fingerprint density at radius 3 is 2.88 bits per heavy atom. The summed E-state index contributed by atoms with van der Waals surface area (Å²) < 4.78 is 15.0. The molecule has 17 heavy (non-hydrogen) atoms. The van der Waals surface area contributed by atoms with Crippen molar-refractivity contribution in [3.8, 4) is 0 Å². The molecule has 1 aromatic heterocycles. The molecule has 0 saturated heterocycles. The second-order valence-corrected chi connectivity index (χ2v) is 4.24. The van der Waals surface area contributed by atoms with Crippen LogP contribution in [0.3, 0.4) is 0 Å². The second kappa shape index (κ2) is 4.81. The molecule has 1 heterocycles. The van der Waals surface area contributed by atoms with Gasteiger partial charge in [-0.2, -0.15) is 0 Å². The molecule has 0 spiro atoms. The van der Waals surface area contributed by atoms with E-state index in [1.807, 2.05) is 6.92 Å². The Kier molecular flexibility index (Phi) is 3.40. The van der Waals surface area contributed by atoms with E-state index >= 15 is 0 Å². The minimum atomic E-state index is -0.352. The van der Waals surface area contributed by atoms with Gasteiger partial charge >= 0.3 is 0 Å². The van der Waals surface area contributed by atoms with Crippen LogP contribution in [0.5, 0.6) is 0 Å². The first-order valence-corrected chi connectivity index (χ1v) is 5.54. The van der Waals surface area contributed by atoms with Crippen molar-refractivity contribution in [1.82, 2.24) is 15.0 Å². The number of hydrogen-bond acceptors (Lipinski definition) is 3. The van der Waals surface area contributed by atoms with Gasteiger partial charge in [-0.3, -0.25) is 0 Å². The molecule has 2 aromatic rings. The predicted octanol–water partition coefficient (Wildman–Crippen LogP) is 2.14. The number of aromatic nitrogens is 3.